The van der Waals surface area contributed by atoms with Crippen molar-refractivity contribution in [3.63, 3.8) is 0 Å². The zero-order valence-corrected chi connectivity index (χ0v) is 14.5. The number of amides is 2. The molecule has 0 saturated heterocycles. The van der Waals surface area contributed by atoms with E-state index in [4.69, 9.17) is 18.0 Å². The summed E-state index contributed by atoms with van der Waals surface area (Å²) in [5.74, 6) is 0.562. The Balaban J connectivity index is 2.37. The molecule has 0 aliphatic carbocycles. The van der Waals surface area contributed by atoms with Crippen molar-refractivity contribution < 1.29 is 14.0 Å². The number of hydrogen-bond donors (Lipinski definition) is 1. The van der Waals surface area contributed by atoms with Crippen molar-refractivity contribution in [1.29, 1.82) is 0 Å². The summed E-state index contributed by atoms with van der Waals surface area (Å²) in [6.45, 7) is 3.54. The van der Waals surface area contributed by atoms with E-state index in [-0.39, 0.29) is 17.6 Å². The fraction of sp³-hybridized carbons (Fsp3) is 0.0476. The SMILES string of the molecule is C#CCC(=C)C(=O)NC(=O)/C(=C/c1ccc(Cl)cc1)c1ccc(F)cc1. The molecule has 0 aliphatic rings. The van der Waals surface area contributed by atoms with Gasteiger partial charge in [-0.05, 0) is 41.5 Å². The zero-order chi connectivity index (χ0) is 19.1. The third kappa shape index (κ3) is 5.17. The summed E-state index contributed by atoms with van der Waals surface area (Å²) in [5.41, 5.74) is 1.44. The minimum Gasteiger partial charge on any atom is -0.288 e. The maximum absolute atomic E-state index is 13.2. The molecule has 0 aromatic heterocycles. The Labute approximate surface area is 156 Å². The third-order valence-electron chi connectivity index (χ3n) is 3.44. The van der Waals surface area contributed by atoms with Gasteiger partial charge in [0.25, 0.3) is 11.8 Å². The molecule has 5 heteroatoms. The van der Waals surface area contributed by atoms with Crippen LogP contribution in [-0.2, 0) is 9.59 Å². The van der Waals surface area contributed by atoms with Crippen molar-refractivity contribution in [2.75, 3.05) is 0 Å². The van der Waals surface area contributed by atoms with Gasteiger partial charge in [0.1, 0.15) is 5.82 Å². The van der Waals surface area contributed by atoms with Gasteiger partial charge in [-0.1, -0.05) is 42.4 Å². The first-order valence-electron chi connectivity index (χ1n) is 7.61. The number of carbonyl (C=O) groups is 2. The average molecular weight is 368 g/mol. The van der Waals surface area contributed by atoms with Crippen LogP contribution in [0.15, 0.2) is 60.7 Å². The monoisotopic (exact) mass is 367 g/mol. The quantitative estimate of drug-likeness (QED) is 0.488. The van der Waals surface area contributed by atoms with Crippen LogP contribution in [0.5, 0.6) is 0 Å². The molecule has 0 unspecified atom stereocenters. The highest BCUT2D eigenvalue weighted by Gasteiger charge is 2.17. The third-order valence-corrected chi connectivity index (χ3v) is 3.70. The number of halogens is 2. The second kappa shape index (κ2) is 8.80. The molecular weight excluding hydrogens is 353 g/mol. The number of terminal acetylenes is 1. The van der Waals surface area contributed by atoms with Crippen molar-refractivity contribution in [2.45, 2.75) is 6.42 Å². The largest absolute Gasteiger partial charge is 0.288 e. The van der Waals surface area contributed by atoms with Crippen LogP contribution in [0.1, 0.15) is 17.5 Å². The summed E-state index contributed by atoms with van der Waals surface area (Å²) in [5, 5.41) is 2.80. The zero-order valence-electron chi connectivity index (χ0n) is 13.8. The summed E-state index contributed by atoms with van der Waals surface area (Å²) in [7, 11) is 0. The minimum atomic E-state index is -0.655. The fourth-order valence-corrected chi connectivity index (χ4v) is 2.22. The van der Waals surface area contributed by atoms with E-state index in [1.54, 1.807) is 30.3 Å². The number of rotatable bonds is 5. The molecule has 26 heavy (non-hydrogen) atoms. The van der Waals surface area contributed by atoms with E-state index in [0.29, 0.717) is 16.1 Å². The lowest BCUT2D eigenvalue weighted by atomic mass is 10.0. The first-order valence-corrected chi connectivity index (χ1v) is 7.98. The van der Waals surface area contributed by atoms with E-state index in [2.05, 4.69) is 17.8 Å². The Kier molecular flexibility index (Phi) is 6.48. The van der Waals surface area contributed by atoms with Gasteiger partial charge in [-0.3, -0.25) is 14.9 Å². The van der Waals surface area contributed by atoms with Crippen molar-refractivity contribution >= 4 is 35.1 Å². The molecule has 2 rings (SSSR count). The molecule has 0 heterocycles. The first-order chi connectivity index (χ1) is 12.4. The lowest BCUT2D eigenvalue weighted by Crippen LogP contribution is -2.32. The summed E-state index contributed by atoms with van der Waals surface area (Å²) >= 11 is 5.87. The van der Waals surface area contributed by atoms with Gasteiger partial charge < -0.3 is 0 Å². The highest BCUT2D eigenvalue weighted by Crippen LogP contribution is 2.20. The van der Waals surface area contributed by atoms with E-state index in [1.165, 1.54) is 24.3 Å². The van der Waals surface area contributed by atoms with Gasteiger partial charge in [0, 0.05) is 22.6 Å². The van der Waals surface area contributed by atoms with Gasteiger partial charge in [0.05, 0.1) is 0 Å². The second-order valence-corrected chi connectivity index (χ2v) is 5.82. The van der Waals surface area contributed by atoms with E-state index in [1.807, 2.05) is 0 Å². The molecule has 2 amide bonds. The Morgan fingerprint density at radius 1 is 1.12 bits per heavy atom. The van der Waals surface area contributed by atoms with Crippen molar-refractivity contribution in [2.24, 2.45) is 0 Å². The molecule has 130 valence electrons. The predicted octanol–water partition coefficient (Wildman–Crippen LogP) is 4.24. The van der Waals surface area contributed by atoms with Gasteiger partial charge in [-0.15, -0.1) is 12.3 Å². The van der Waals surface area contributed by atoms with Crippen molar-refractivity contribution in [3.05, 3.63) is 82.6 Å². The topological polar surface area (TPSA) is 46.2 Å². The van der Waals surface area contributed by atoms with E-state index in [9.17, 15) is 14.0 Å². The minimum absolute atomic E-state index is 0.0336. The second-order valence-electron chi connectivity index (χ2n) is 5.38. The molecule has 1 N–H and O–H groups in total. The Hall–Kier alpha value is -3.16. The molecule has 3 nitrogen and oxygen atoms in total. The average Bonchev–Trinajstić information content (AvgIpc) is 2.62. The molecule has 0 atom stereocenters. The van der Waals surface area contributed by atoms with Crippen molar-refractivity contribution in [1.82, 2.24) is 5.32 Å². The summed E-state index contributed by atoms with van der Waals surface area (Å²) in [4.78, 5) is 24.6. The number of hydrogen-bond acceptors (Lipinski definition) is 2. The summed E-state index contributed by atoms with van der Waals surface area (Å²) < 4.78 is 13.2. The van der Waals surface area contributed by atoms with Crippen LogP contribution in [-0.4, -0.2) is 11.8 Å². The Morgan fingerprint density at radius 2 is 1.73 bits per heavy atom. The molecule has 0 saturated carbocycles. The Morgan fingerprint density at radius 3 is 2.31 bits per heavy atom. The lowest BCUT2D eigenvalue weighted by molar-refractivity contribution is -0.125. The Bertz CT molecular complexity index is 907. The van der Waals surface area contributed by atoms with Crippen LogP contribution in [0.4, 0.5) is 4.39 Å². The van der Waals surface area contributed by atoms with Crippen LogP contribution in [0.3, 0.4) is 0 Å². The molecule has 2 aromatic carbocycles. The highest BCUT2D eigenvalue weighted by molar-refractivity contribution is 6.31. The molecule has 0 bridgehead atoms. The normalized spacial score (nSPS) is 10.7. The highest BCUT2D eigenvalue weighted by atomic mass is 35.5. The molecule has 2 aromatic rings. The summed E-state index contributed by atoms with van der Waals surface area (Å²) in [6, 6.07) is 12.2. The van der Waals surface area contributed by atoms with Gasteiger partial charge in [-0.25, -0.2) is 4.39 Å². The van der Waals surface area contributed by atoms with Gasteiger partial charge >= 0.3 is 0 Å². The number of carbonyl (C=O) groups excluding carboxylic acids is 2. The van der Waals surface area contributed by atoms with E-state index >= 15 is 0 Å². The van der Waals surface area contributed by atoms with Crippen LogP contribution in [0.25, 0.3) is 11.6 Å². The van der Waals surface area contributed by atoms with Crippen LogP contribution in [0.2, 0.25) is 5.02 Å². The van der Waals surface area contributed by atoms with Gasteiger partial charge in [0.15, 0.2) is 0 Å². The number of benzene rings is 2. The van der Waals surface area contributed by atoms with Crippen LogP contribution < -0.4 is 5.32 Å². The molecule has 0 aliphatic heterocycles. The van der Waals surface area contributed by atoms with Gasteiger partial charge in [-0.2, -0.15) is 0 Å². The standard InChI is InChI=1S/C21H15ClFNO2/c1-3-4-14(2)20(25)24-21(26)19(16-7-11-18(23)12-8-16)13-15-5-9-17(22)10-6-15/h1,5-13H,2,4H2,(H,24,25,26)/b19-13+. The summed E-state index contributed by atoms with van der Waals surface area (Å²) in [6.07, 6.45) is 6.76. The lowest BCUT2D eigenvalue weighted by Gasteiger charge is -2.10. The van der Waals surface area contributed by atoms with E-state index in [0.717, 1.165) is 0 Å². The van der Waals surface area contributed by atoms with Crippen molar-refractivity contribution in [3.8, 4) is 12.3 Å². The predicted molar refractivity (Wildman–Crippen MR) is 101 cm³/mol. The maximum atomic E-state index is 13.2. The molecular formula is C21H15ClFNO2. The maximum Gasteiger partial charge on any atom is 0.258 e. The number of imide groups is 1. The van der Waals surface area contributed by atoms with Crippen LogP contribution >= 0.6 is 11.6 Å². The molecule has 0 spiro atoms. The smallest absolute Gasteiger partial charge is 0.258 e. The van der Waals surface area contributed by atoms with Crippen LogP contribution in [0, 0.1) is 18.2 Å². The fourth-order valence-electron chi connectivity index (χ4n) is 2.10. The first kappa shape index (κ1) is 19.2. The van der Waals surface area contributed by atoms with E-state index < -0.39 is 17.6 Å². The number of nitrogens with one attached hydrogen (secondary N) is 1. The molecule has 0 radical (unpaired) electrons. The van der Waals surface area contributed by atoms with Gasteiger partial charge in [0.2, 0.25) is 0 Å². The molecule has 0 fully saturated rings.